The van der Waals surface area contributed by atoms with Gasteiger partial charge in [-0.15, -0.1) is 0 Å². The molecule has 122 valence electrons. The minimum absolute atomic E-state index is 0. The summed E-state index contributed by atoms with van der Waals surface area (Å²) in [5.41, 5.74) is 3.08. The van der Waals surface area contributed by atoms with Gasteiger partial charge in [0.25, 0.3) is 5.91 Å². The second kappa shape index (κ2) is 7.92. The fourth-order valence-electron chi connectivity index (χ4n) is 2.25. The van der Waals surface area contributed by atoms with Crippen LogP contribution in [0.25, 0.3) is 11.1 Å². The maximum absolute atomic E-state index is 12.3. The number of carbonyl (C=O) groups excluding carboxylic acids is 1. The predicted molar refractivity (Wildman–Crippen MR) is 97.4 cm³/mol. The monoisotopic (exact) mass is 320 g/mol. The highest BCUT2D eigenvalue weighted by Crippen LogP contribution is 2.24. The summed E-state index contributed by atoms with van der Waals surface area (Å²) in [6.07, 6.45) is 3.29. The van der Waals surface area contributed by atoms with Gasteiger partial charge in [0.2, 0.25) is 0 Å². The Bertz CT molecular complexity index is 817. The summed E-state index contributed by atoms with van der Waals surface area (Å²) < 4.78 is 5.23. The average molecular weight is 320 g/mol. The standard InChI is InChI=1S/C19H16N2O2.CH4/c1-23-18-9-5-6-14(11-18)15-10-16(13-20-12-15)19(22)21-17-7-3-2-4-8-17;/h2-13H,1H3,(H,21,22);1H4. The number of aromatic nitrogens is 1. The number of methoxy groups -OCH3 is 1. The van der Waals surface area contributed by atoms with Crippen LogP contribution >= 0.6 is 0 Å². The fourth-order valence-corrected chi connectivity index (χ4v) is 2.25. The van der Waals surface area contributed by atoms with E-state index in [4.69, 9.17) is 4.74 Å². The molecule has 4 heteroatoms. The molecule has 0 fully saturated rings. The SMILES string of the molecule is C.COc1cccc(-c2cncc(C(=O)Nc3ccccc3)c2)c1. The lowest BCUT2D eigenvalue weighted by molar-refractivity contribution is 0.102. The maximum Gasteiger partial charge on any atom is 0.257 e. The van der Waals surface area contributed by atoms with Crippen molar-refractivity contribution in [1.29, 1.82) is 0 Å². The molecule has 2 aromatic carbocycles. The first-order valence-corrected chi connectivity index (χ1v) is 7.22. The van der Waals surface area contributed by atoms with Gasteiger partial charge in [0.05, 0.1) is 12.7 Å². The summed E-state index contributed by atoms with van der Waals surface area (Å²) in [5.74, 6) is 0.579. The smallest absolute Gasteiger partial charge is 0.257 e. The van der Waals surface area contributed by atoms with Gasteiger partial charge in [-0.25, -0.2) is 0 Å². The number of hydrogen-bond donors (Lipinski definition) is 1. The van der Waals surface area contributed by atoms with E-state index in [0.717, 1.165) is 22.6 Å². The number of rotatable bonds is 4. The van der Waals surface area contributed by atoms with Crippen LogP contribution in [0.15, 0.2) is 73.1 Å². The lowest BCUT2D eigenvalue weighted by atomic mass is 10.1. The van der Waals surface area contributed by atoms with Crippen LogP contribution in [0.4, 0.5) is 5.69 Å². The van der Waals surface area contributed by atoms with Crippen LogP contribution in [0.3, 0.4) is 0 Å². The number of nitrogens with zero attached hydrogens (tertiary/aromatic N) is 1. The van der Waals surface area contributed by atoms with E-state index >= 15 is 0 Å². The van der Waals surface area contributed by atoms with Gasteiger partial charge in [0.15, 0.2) is 0 Å². The minimum Gasteiger partial charge on any atom is -0.497 e. The fraction of sp³-hybridized carbons (Fsp3) is 0.100. The highest BCUT2D eigenvalue weighted by Gasteiger charge is 2.09. The Kier molecular flexibility index (Phi) is 5.68. The third-order valence-electron chi connectivity index (χ3n) is 3.44. The molecule has 0 aliphatic heterocycles. The van der Waals surface area contributed by atoms with Gasteiger partial charge in [-0.3, -0.25) is 9.78 Å². The van der Waals surface area contributed by atoms with E-state index in [-0.39, 0.29) is 13.3 Å². The minimum atomic E-state index is -0.187. The zero-order chi connectivity index (χ0) is 16.1. The first kappa shape index (κ1) is 17.2. The summed E-state index contributed by atoms with van der Waals surface area (Å²) in [7, 11) is 1.63. The zero-order valence-electron chi connectivity index (χ0n) is 12.7. The van der Waals surface area contributed by atoms with Gasteiger partial charge in [-0.05, 0) is 35.9 Å². The van der Waals surface area contributed by atoms with Crippen molar-refractivity contribution < 1.29 is 9.53 Å². The first-order valence-electron chi connectivity index (χ1n) is 7.22. The molecule has 24 heavy (non-hydrogen) atoms. The molecule has 3 aromatic rings. The number of amides is 1. The van der Waals surface area contributed by atoms with E-state index < -0.39 is 0 Å². The molecule has 0 aliphatic rings. The summed E-state index contributed by atoms with van der Waals surface area (Å²) in [4.78, 5) is 16.5. The molecule has 0 aliphatic carbocycles. The number of pyridine rings is 1. The van der Waals surface area contributed by atoms with Crippen LogP contribution in [-0.4, -0.2) is 18.0 Å². The van der Waals surface area contributed by atoms with Gasteiger partial charge in [-0.2, -0.15) is 0 Å². The second-order valence-electron chi connectivity index (χ2n) is 5.01. The quantitative estimate of drug-likeness (QED) is 0.761. The third-order valence-corrected chi connectivity index (χ3v) is 3.44. The Labute approximate surface area is 142 Å². The normalized spacial score (nSPS) is 9.71. The van der Waals surface area contributed by atoms with E-state index in [9.17, 15) is 4.79 Å². The Hall–Kier alpha value is -3.14. The van der Waals surface area contributed by atoms with Crippen molar-refractivity contribution >= 4 is 11.6 Å². The van der Waals surface area contributed by atoms with E-state index in [1.807, 2.05) is 60.7 Å². The number of para-hydroxylation sites is 1. The molecule has 0 saturated carbocycles. The molecular formula is C20H20N2O2. The summed E-state index contributed by atoms with van der Waals surface area (Å²) >= 11 is 0. The molecule has 1 amide bonds. The summed E-state index contributed by atoms with van der Waals surface area (Å²) in [6, 6.07) is 18.8. The van der Waals surface area contributed by atoms with Gasteiger partial charge >= 0.3 is 0 Å². The average Bonchev–Trinajstić information content (AvgIpc) is 2.63. The van der Waals surface area contributed by atoms with Crippen molar-refractivity contribution in [3.63, 3.8) is 0 Å². The molecule has 1 aromatic heterocycles. The summed E-state index contributed by atoms with van der Waals surface area (Å²) in [6.45, 7) is 0. The highest BCUT2D eigenvalue weighted by atomic mass is 16.5. The number of hydrogen-bond acceptors (Lipinski definition) is 3. The molecule has 0 atom stereocenters. The molecule has 0 saturated heterocycles. The maximum atomic E-state index is 12.3. The zero-order valence-corrected chi connectivity index (χ0v) is 12.7. The molecule has 4 nitrogen and oxygen atoms in total. The number of nitrogens with one attached hydrogen (secondary N) is 1. The van der Waals surface area contributed by atoms with E-state index in [0.29, 0.717) is 5.56 Å². The predicted octanol–water partition coefficient (Wildman–Crippen LogP) is 4.65. The Morgan fingerprint density at radius 1 is 0.958 bits per heavy atom. The number of anilines is 1. The van der Waals surface area contributed by atoms with E-state index in [1.165, 1.54) is 0 Å². The van der Waals surface area contributed by atoms with Gasteiger partial charge < -0.3 is 10.1 Å². The van der Waals surface area contributed by atoms with Crippen molar-refractivity contribution in [2.24, 2.45) is 0 Å². The highest BCUT2D eigenvalue weighted by molar-refractivity contribution is 6.04. The third kappa shape index (κ3) is 3.98. The van der Waals surface area contributed by atoms with Gasteiger partial charge in [0, 0.05) is 23.6 Å². The van der Waals surface area contributed by atoms with Crippen LogP contribution in [-0.2, 0) is 0 Å². The molecule has 0 unspecified atom stereocenters. The van der Waals surface area contributed by atoms with Crippen LogP contribution in [0, 0.1) is 0 Å². The van der Waals surface area contributed by atoms with Crippen molar-refractivity contribution in [3.8, 4) is 16.9 Å². The largest absolute Gasteiger partial charge is 0.497 e. The van der Waals surface area contributed by atoms with Crippen molar-refractivity contribution in [1.82, 2.24) is 4.98 Å². The van der Waals surface area contributed by atoms with Crippen molar-refractivity contribution in [3.05, 3.63) is 78.6 Å². The lowest BCUT2D eigenvalue weighted by Gasteiger charge is -2.08. The molecule has 3 rings (SSSR count). The van der Waals surface area contributed by atoms with Crippen molar-refractivity contribution in [2.75, 3.05) is 12.4 Å². The Morgan fingerprint density at radius 3 is 2.50 bits per heavy atom. The number of ether oxygens (including phenoxy) is 1. The Morgan fingerprint density at radius 2 is 1.75 bits per heavy atom. The van der Waals surface area contributed by atoms with Gasteiger partial charge in [0.1, 0.15) is 5.75 Å². The van der Waals surface area contributed by atoms with Crippen LogP contribution in [0.5, 0.6) is 5.75 Å². The van der Waals surface area contributed by atoms with Crippen LogP contribution in [0.1, 0.15) is 17.8 Å². The van der Waals surface area contributed by atoms with E-state index in [2.05, 4.69) is 10.3 Å². The first-order chi connectivity index (χ1) is 11.3. The lowest BCUT2D eigenvalue weighted by Crippen LogP contribution is -2.12. The molecule has 0 radical (unpaired) electrons. The number of carbonyl (C=O) groups is 1. The van der Waals surface area contributed by atoms with E-state index in [1.54, 1.807) is 19.5 Å². The molecule has 1 N–H and O–H groups in total. The Balaban J connectivity index is 0.00000208. The van der Waals surface area contributed by atoms with Crippen LogP contribution < -0.4 is 10.1 Å². The molecular weight excluding hydrogens is 300 g/mol. The topological polar surface area (TPSA) is 51.2 Å². The van der Waals surface area contributed by atoms with Crippen molar-refractivity contribution in [2.45, 2.75) is 7.43 Å². The molecule has 0 bridgehead atoms. The van der Waals surface area contributed by atoms with Crippen LogP contribution in [0.2, 0.25) is 0 Å². The second-order valence-corrected chi connectivity index (χ2v) is 5.01. The number of benzene rings is 2. The van der Waals surface area contributed by atoms with Gasteiger partial charge in [-0.1, -0.05) is 37.8 Å². The molecule has 1 heterocycles. The summed E-state index contributed by atoms with van der Waals surface area (Å²) in [5, 5.41) is 2.86. The molecule has 0 spiro atoms.